The molecule has 1 aromatic heterocycles. The maximum Gasteiger partial charge on any atom is 1.00 e. The standard InChI is InChI=1S/C4H4N2.Na.H/c1-2-5-4-6-3-1;;/h1-4H;;/q;+1;-1. The zero-order valence-electron chi connectivity index (χ0n) is 5.20. The zero-order chi connectivity index (χ0) is 4.24. The van der Waals surface area contributed by atoms with E-state index in [1.165, 1.54) is 6.33 Å². The summed E-state index contributed by atoms with van der Waals surface area (Å²) in [5.74, 6) is 0. The monoisotopic (exact) mass is 104 g/mol. The van der Waals surface area contributed by atoms with Gasteiger partial charge < -0.3 is 1.43 Å². The molecule has 0 saturated carbocycles. The molecule has 0 atom stereocenters. The predicted octanol–water partition coefficient (Wildman–Crippen LogP) is -2.41. The van der Waals surface area contributed by atoms with E-state index in [9.17, 15) is 0 Å². The average molecular weight is 104 g/mol. The third-order valence-electron chi connectivity index (χ3n) is 0.478. The summed E-state index contributed by atoms with van der Waals surface area (Å²) in [5, 5.41) is 0. The molecule has 0 aliphatic carbocycles. The molecule has 0 unspecified atom stereocenters. The van der Waals surface area contributed by atoms with Gasteiger partial charge in [-0.1, -0.05) is 0 Å². The van der Waals surface area contributed by atoms with Crippen LogP contribution in [0.4, 0.5) is 0 Å². The van der Waals surface area contributed by atoms with Crippen LogP contribution >= 0.6 is 0 Å². The summed E-state index contributed by atoms with van der Waals surface area (Å²) in [6.45, 7) is 0. The topological polar surface area (TPSA) is 25.8 Å². The summed E-state index contributed by atoms with van der Waals surface area (Å²) in [7, 11) is 0. The molecule has 0 aliphatic heterocycles. The van der Waals surface area contributed by atoms with Crippen molar-refractivity contribution in [2.24, 2.45) is 0 Å². The first-order chi connectivity index (χ1) is 3.00. The Bertz CT molecular complexity index is 86.0. The largest absolute Gasteiger partial charge is 1.00 e. The molecule has 7 heavy (non-hydrogen) atoms. The number of hydrogen-bond donors (Lipinski definition) is 0. The van der Waals surface area contributed by atoms with Crippen LogP contribution in [0, 0.1) is 0 Å². The van der Waals surface area contributed by atoms with E-state index >= 15 is 0 Å². The second kappa shape index (κ2) is 4.24. The molecule has 0 spiro atoms. The van der Waals surface area contributed by atoms with Crippen molar-refractivity contribution in [3.63, 3.8) is 0 Å². The second-order valence-corrected chi connectivity index (χ2v) is 0.904. The van der Waals surface area contributed by atoms with Crippen LogP contribution in [0.1, 0.15) is 1.43 Å². The van der Waals surface area contributed by atoms with Crippen LogP contribution in [0.25, 0.3) is 0 Å². The molecule has 1 aromatic rings. The van der Waals surface area contributed by atoms with E-state index in [0.717, 1.165) is 0 Å². The van der Waals surface area contributed by atoms with Gasteiger partial charge in [-0.3, -0.25) is 0 Å². The first-order valence-corrected chi connectivity index (χ1v) is 1.70. The van der Waals surface area contributed by atoms with Gasteiger partial charge in [-0.25, -0.2) is 9.97 Å². The molecule has 1 rings (SSSR count). The van der Waals surface area contributed by atoms with Crippen molar-refractivity contribution < 1.29 is 31.0 Å². The molecular formula is C4H5N2Na. The normalized spacial score (nSPS) is 6.86. The number of hydrogen-bond acceptors (Lipinski definition) is 2. The van der Waals surface area contributed by atoms with E-state index in [-0.39, 0.29) is 31.0 Å². The maximum absolute atomic E-state index is 3.67. The van der Waals surface area contributed by atoms with Crippen molar-refractivity contribution in [3.05, 3.63) is 24.8 Å². The Morgan fingerprint density at radius 2 is 1.71 bits per heavy atom. The Morgan fingerprint density at radius 3 is 1.86 bits per heavy atom. The van der Waals surface area contributed by atoms with E-state index in [1.807, 2.05) is 0 Å². The van der Waals surface area contributed by atoms with Crippen LogP contribution in [-0.2, 0) is 0 Å². The minimum Gasteiger partial charge on any atom is -1.00 e. The molecule has 3 heteroatoms. The number of aromatic nitrogens is 2. The van der Waals surface area contributed by atoms with Crippen molar-refractivity contribution >= 4 is 0 Å². The summed E-state index contributed by atoms with van der Waals surface area (Å²) < 4.78 is 0. The Balaban J connectivity index is 0. The third-order valence-corrected chi connectivity index (χ3v) is 0.478. The van der Waals surface area contributed by atoms with Gasteiger partial charge in [0.2, 0.25) is 0 Å². The minimum atomic E-state index is 0. The van der Waals surface area contributed by atoms with Crippen LogP contribution in [0.3, 0.4) is 0 Å². The SMILES string of the molecule is [H-].[Na+].c1cncnc1. The van der Waals surface area contributed by atoms with Gasteiger partial charge in [0.05, 0.1) is 0 Å². The van der Waals surface area contributed by atoms with Crippen LogP contribution in [-0.4, -0.2) is 9.97 Å². The van der Waals surface area contributed by atoms with Gasteiger partial charge in [0.25, 0.3) is 0 Å². The van der Waals surface area contributed by atoms with Gasteiger partial charge >= 0.3 is 29.6 Å². The molecule has 2 nitrogen and oxygen atoms in total. The Morgan fingerprint density at radius 1 is 1.14 bits per heavy atom. The van der Waals surface area contributed by atoms with E-state index < -0.39 is 0 Å². The van der Waals surface area contributed by atoms with Gasteiger partial charge in [0.15, 0.2) is 0 Å². The van der Waals surface area contributed by atoms with E-state index in [2.05, 4.69) is 9.97 Å². The predicted molar refractivity (Wildman–Crippen MR) is 23.1 cm³/mol. The fourth-order valence-electron chi connectivity index (χ4n) is 0.253. The summed E-state index contributed by atoms with van der Waals surface area (Å²) in [5.41, 5.74) is 0. The molecule has 0 amide bonds. The smallest absolute Gasteiger partial charge is 1.00 e. The van der Waals surface area contributed by atoms with Crippen LogP contribution in [0.15, 0.2) is 24.8 Å². The zero-order valence-corrected chi connectivity index (χ0v) is 6.20. The Hall–Kier alpha value is 0.0800. The summed E-state index contributed by atoms with van der Waals surface area (Å²) >= 11 is 0. The van der Waals surface area contributed by atoms with Gasteiger partial charge in [0, 0.05) is 12.4 Å². The molecule has 0 fully saturated rings. The van der Waals surface area contributed by atoms with Gasteiger partial charge in [-0.2, -0.15) is 0 Å². The Labute approximate surface area is 65.8 Å². The van der Waals surface area contributed by atoms with E-state index in [0.29, 0.717) is 0 Å². The van der Waals surface area contributed by atoms with Crippen molar-refractivity contribution in [2.45, 2.75) is 0 Å². The molecule has 0 N–H and O–H groups in total. The summed E-state index contributed by atoms with van der Waals surface area (Å²) in [6, 6.07) is 1.78. The first-order valence-electron chi connectivity index (χ1n) is 1.70. The van der Waals surface area contributed by atoms with Crippen LogP contribution in [0.5, 0.6) is 0 Å². The molecule has 0 bridgehead atoms. The third kappa shape index (κ3) is 2.74. The molecule has 32 valence electrons. The number of rotatable bonds is 0. The molecule has 1 heterocycles. The average Bonchev–Trinajstić information content (AvgIpc) is 1.72. The van der Waals surface area contributed by atoms with E-state index in [1.54, 1.807) is 18.5 Å². The van der Waals surface area contributed by atoms with Crippen LogP contribution in [0.2, 0.25) is 0 Å². The molecule has 0 aromatic carbocycles. The Kier molecular flexibility index (Phi) is 4.29. The first kappa shape index (κ1) is 7.08. The van der Waals surface area contributed by atoms with Crippen LogP contribution < -0.4 is 29.6 Å². The molecular weight excluding hydrogens is 99.0 g/mol. The van der Waals surface area contributed by atoms with E-state index in [4.69, 9.17) is 0 Å². The molecule has 0 saturated heterocycles. The van der Waals surface area contributed by atoms with Gasteiger partial charge in [0.1, 0.15) is 6.33 Å². The number of nitrogens with zero attached hydrogens (tertiary/aromatic N) is 2. The summed E-state index contributed by atoms with van der Waals surface area (Å²) in [6.07, 6.45) is 4.88. The van der Waals surface area contributed by atoms with Crippen molar-refractivity contribution in [1.29, 1.82) is 0 Å². The molecule has 0 aliphatic rings. The molecule has 0 radical (unpaired) electrons. The van der Waals surface area contributed by atoms with Gasteiger partial charge in [-0.15, -0.1) is 0 Å². The fraction of sp³-hybridized carbons (Fsp3) is 0. The fourth-order valence-corrected chi connectivity index (χ4v) is 0.253. The van der Waals surface area contributed by atoms with Crippen molar-refractivity contribution in [1.82, 2.24) is 9.97 Å². The quantitative estimate of drug-likeness (QED) is 0.343. The van der Waals surface area contributed by atoms with Crippen molar-refractivity contribution in [2.75, 3.05) is 0 Å². The summed E-state index contributed by atoms with van der Waals surface area (Å²) in [4.78, 5) is 7.35. The second-order valence-electron chi connectivity index (χ2n) is 0.904. The minimum absolute atomic E-state index is 0. The maximum atomic E-state index is 3.67. The van der Waals surface area contributed by atoms with Crippen molar-refractivity contribution in [3.8, 4) is 0 Å². The van der Waals surface area contributed by atoms with Gasteiger partial charge in [-0.05, 0) is 6.07 Å².